The Bertz CT molecular complexity index is 560. The van der Waals surface area contributed by atoms with E-state index in [1.807, 2.05) is 0 Å². The quantitative estimate of drug-likeness (QED) is 0.750. The second-order valence-corrected chi connectivity index (χ2v) is 6.87. The average molecular weight is 351 g/mol. The third-order valence-corrected chi connectivity index (χ3v) is 4.80. The Morgan fingerprint density at radius 3 is 2.58 bits per heavy atom. The van der Waals surface area contributed by atoms with Gasteiger partial charge in [-0.1, -0.05) is 0 Å². The van der Waals surface area contributed by atoms with Gasteiger partial charge in [-0.3, -0.25) is 9.78 Å². The van der Waals surface area contributed by atoms with Crippen molar-refractivity contribution in [3.8, 4) is 0 Å². The normalized spacial score (nSPS) is 11.9. The van der Waals surface area contributed by atoms with Crippen molar-refractivity contribution >= 4 is 31.9 Å². The molecule has 0 saturated heterocycles. The lowest BCUT2D eigenvalue weighted by molar-refractivity contribution is -0.141. The van der Waals surface area contributed by atoms with Crippen LogP contribution in [-0.2, 0) is 19.6 Å². The first kappa shape index (κ1) is 16.1. The van der Waals surface area contributed by atoms with Crippen LogP contribution in [0, 0.1) is 0 Å². The summed E-state index contributed by atoms with van der Waals surface area (Å²) in [7, 11) is -2.57. The predicted molar refractivity (Wildman–Crippen MR) is 73.0 cm³/mol. The SMILES string of the molecule is COC(=O)CN(C(C)C)S(=O)(=O)c1cncc(Br)c1. The zero-order chi connectivity index (χ0) is 14.6. The summed E-state index contributed by atoms with van der Waals surface area (Å²) in [5.41, 5.74) is 0. The fraction of sp³-hybridized carbons (Fsp3) is 0.455. The number of ether oxygens (including phenoxy) is 1. The van der Waals surface area contributed by atoms with Gasteiger partial charge in [-0.2, -0.15) is 4.31 Å². The Kier molecular flexibility index (Phi) is 5.45. The van der Waals surface area contributed by atoms with E-state index in [1.54, 1.807) is 13.8 Å². The molecule has 0 aliphatic rings. The van der Waals surface area contributed by atoms with Crippen LogP contribution in [0.3, 0.4) is 0 Å². The molecule has 0 aromatic carbocycles. The maximum atomic E-state index is 12.4. The van der Waals surface area contributed by atoms with Crippen molar-refractivity contribution in [3.63, 3.8) is 0 Å². The van der Waals surface area contributed by atoms with Crippen LogP contribution in [0.4, 0.5) is 0 Å². The highest BCUT2D eigenvalue weighted by atomic mass is 79.9. The summed E-state index contributed by atoms with van der Waals surface area (Å²) in [4.78, 5) is 15.2. The summed E-state index contributed by atoms with van der Waals surface area (Å²) in [6, 6.07) is 1.07. The molecular formula is C11H15BrN2O4S. The van der Waals surface area contributed by atoms with Crippen molar-refractivity contribution in [2.75, 3.05) is 13.7 Å². The fourth-order valence-electron chi connectivity index (χ4n) is 1.41. The summed E-state index contributed by atoms with van der Waals surface area (Å²) in [5.74, 6) is -0.611. The molecule has 0 amide bonds. The summed E-state index contributed by atoms with van der Waals surface area (Å²) in [5, 5.41) is 0. The van der Waals surface area contributed by atoms with Crippen molar-refractivity contribution in [1.29, 1.82) is 0 Å². The number of carbonyl (C=O) groups excluding carboxylic acids is 1. The molecule has 1 heterocycles. The Balaban J connectivity index is 3.17. The highest BCUT2D eigenvalue weighted by Crippen LogP contribution is 2.20. The topological polar surface area (TPSA) is 76.6 Å². The lowest BCUT2D eigenvalue weighted by atomic mass is 10.4. The molecule has 0 radical (unpaired) electrons. The number of esters is 1. The number of carbonyl (C=O) groups is 1. The number of aromatic nitrogens is 1. The molecule has 1 aromatic heterocycles. The van der Waals surface area contributed by atoms with Crippen LogP contribution >= 0.6 is 15.9 Å². The van der Waals surface area contributed by atoms with Crippen LogP contribution in [0.2, 0.25) is 0 Å². The van der Waals surface area contributed by atoms with Crippen molar-refractivity contribution in [1.82, 2.24) is 9.29 Å². The van der Waals surface area contributed by atoms with E-state index in [4.69, 9.17) is 0 Å². The first-order chi connectivity index (χ1) is 8.78. The smallest absolute Gasteiger partial charge is 0.321 e. The van der Waals surface area contributed by atoms with E-state index >= 15 is 0 Å². The first-order valence-corrected chi connectivity index (χ1v) is 7.71. The van der Waals surface area contributed by atoms with E-state index in [9.17, 15) is 13.2 Å². The van der Waals surface area contributed by atoms with E-state index in [0.29, 0.717) is 4.47 Å². The maximum Gasteiger partial charge on any atom is 0.321 e. The number of nitrogens with zero attached hydrogens (tertiary/aromatic N) is 2. The molecule has 1 aromatic rings. The Labute approximate surface area is 121 Å². The van der Waals surface area contributed by atoms with E-state index in [0.717, 1.165) is 4.31 Å². The number of sulfonamides is 1. The van der Waals surface area contributed by atoms with Crippen molar-refractivity contribution < 1.29 is 17.9 Å². The summed E-state index contributed by atoms with van der Waals surface area (Å²) < 4.78 is 31.0. The highest BCUT2D eigenvalue weighted by molar-refractivity contribution is 9.10. The molecule has 0 N–H and O–H groups in total. The predicted octanol–water partition coefficient (Wildman–Crippen LogP) is 1.42. The molecule has 0 fully saturated rings. The van der Waals surface area contributed by atoms with E-state index in [1.165, 1.54) is 25.6 Å². The second kappa shape index (κ2) is 6.44. The molecule has 0 aliphatic carbocycles. The third kappa shape index (κ3) is 3.99. The largest absolute Gasteiger partial charge is 0.468 e. The van der Waals surface area contributed by atoms with Gasteiger partial charge in [0, 0.05) is 22.9 Å². The monoisotopic (exact) mass is 350 g/mol. The van der Waals surface area contributed by atoms with Crippen molar-refractivity contribution in [2.24, 2.45) is 0 Å². The molecule has 106 valence electrons. The highest BCUT2D eigenvalue weighted by Gasteiger charge is 2.29. The third-order valence-electron chi connectivity index (χ3n) is 2.37. The molecule has 1 rings (SSSR count). The van der Waals surface area contributed by atoms with Gasteiger partial charge in [0.15, 0.2) is 0 Å². The van der Waals surface area contributed by atoms with Gasteiger partial charge in [-0.25, -0.2) is 8.42 Å². The van der Waals surface area contributed by atoms with Gasteiger partial charge < -0.3 is 4.74 Å². The molecule has 0 unspecified atom stereocenters. The van der Waals surface area contributed by atoms with Gasteiger partial charge >= 0.3 is 5.97 Å². The molecule has 8 heteroatoms. The zero-order valence-corrected chi connectivity index (χ0v) is 13.2. The molecule has 0 bridgehead atoms. The van der Waals surface area contributed by atoms with Gasteiger partial charge in [0.2, 0.25) is 10.0 Å². The molecule has 0 aliphatic heterocycles. The fourth-order valence-corrected chi connectivity index (χ4v) is 3.49. The van der Waals surface area contributed by atoms with Crippen LogP contribution in [0.15, 0.2) is 27.8 Å². The number of rotatable bonds is 5. The molecule has 19 heavy (non-hydrogen) atoms. The number of hydrogen-bond donors (Lipinski definition) is 0. The maximum absolute atomic E-state index is 12.4. The van der Waals surface area contributed by atoms with Crippen LogP contribution in [0.1, 0.15) is 13.8 Å². The van der Waals surface area contributed by atoms with Crippen LogP contribution in [-0.4, -0.2) is 43.4 Å². The summed E-state index contributed by atoms with van der Waals surface area (Å²) in [6.45, 7) is 3.04. The number of halogens is 1. The Hall–Kier alpha value is -0.990. The van der Waals surface area contributed by atoms with Gasteiger partial charge in [0.25, 0.3) is 0 Å². The molecule has 6 nitrogen and oxygen atoms in total. The average Bonchev–Trinajstić information content (AvgIpc) is 2.34. The minimum Gasteiger partial charge on any atom is -0.468 e. The Morgan fingerprint density at radius 1 is 1.47 bits per heavy atom. The van der Waals surface area contributed by atoms with Crippen LogP contribution < -0.4 is 0 Å². The number of methoxy groups -OCH3 is 1. The lowest BCUT2D eigenvalue weighted by Crippen LogP contribution is -2.41. The lowest BCUT2D eigenvalue weighted by Gasteiger charge is -2.24. The van der Waals surface area contributed by atoms with E-state index < -0.39 is 16.0 Å². The van der Waals surface area contributed by atoms with E-state index in [-0.39, 0.29) is 17.5 Å². The second-order valence-electron chi connectivity index (χ2n) is 4.06. The van der Waals surface area contributed by atoms with Crippen molar-refractivity contribution in [3.05, 3.63) is 22.9 Å². The zero-order valence-electron chi connectivity index (χ0n) is 10.8. The first-order valence-electron chi connectivity index (χ1n) is 5.48. The van der Waals surface area contributed by atoms with Gasteiger partial charge in [-0.05, 0) is 35.8 Å². The summed E-state index contributed by atoms with van der Waals surface area (Å²) >= 11 is 3.17. The van der Waals surface area contributed by atoms with Gasteiger partial charge in [0.1, 0.15) is 11.4 Å². The van der Waals surface area contributed by atoms with Crippen molar-refractivity contribution in [2.45, 2.75) is 24.8 Å². The molecule has 0 atom stereocenters. The standard InChI is InChI=1S/C11H15BrN2O4S/c1-8(2)14(7-11(15)18-3)19(16,17)10-4-9(12)5-13-6-10/h4-6,8H,7H2,1-3H3. The van der Waals surface area contributed by atoms with Gasteiger partial charge in [0.05, 0.1) is 7.11 Å². The number of hydrogen-bond acceptors (Lipinski definition) is 5. The number of pyridine rings is 1. The van der Waals surface area contributed by atoms with E-state index in [2.05, 4.69) is 25.7 Å². The molecule has 0 saturated carbocycles. The molecular weight excluding hydrogens is 336 g/mol. The Morgan fingerprint density at radius 2 is 2.11 bits per heavy atom. The van der Waals surface area contributed by atoms with Gasteiger partial charge in [-0.15, -0.1) is 0 Å². The molecule has 0 spiro atoms. The van der Waals surface area contributed by atoms with Crippen LogP contribution in [0.5, 0.6) is 0 Å². The summed E-state index contributed by atoms with van der Waals surface area (Å²) in [6.07, 6.45) is 2.73. The van der Waals surface area contributed by atoms with Crippen LogP contribution in [0.25, 0.3) is 0 Å². The minimum atomic E-state index is -3.79. The minimum absolute atomic E-state index is 0.0273.